The number of amides is 1. The first-order chi connectivity index (χ1) is 15.2. The van der Waals surface area contributed by atoms with Gasteiger partial charge in [0.1, 0.15) is 17.6 Å². The lowest BCUT2D eigenvalue weighted by Crippen LogP contribution is -2.37. The number of carbonyl (C=O) groups excluding carboxylic acids is 1. The molecule has 5 rings (SSSR count). The van der Waals surface area contributed by atoms with Crippen LogP contribution in [0.3, 0.4) is 0 Å². The number of nitrogens with zero attached hydrogens (tertiary/aromatic N) is 7. The number of pyridine rings is 1. The molecule has 0 spiro atoms. The van der Waals surface area contributed by atoms with Gasteiger partial charge in [0, 0.05) is 37.5 Å². The Morgan fingerprint density at radius 3 is 2.77 bits per heavy atom. The van der Waals surface area contributed by atoms with E-state index < -0.39 is 0 Å². The van der Waals surface area contributed by atoms with Crippen LogP contribution in [0.4, 0.5) is 0 Å². The number of hydroxylamine groups is 2. The Labute approximate surface area is 179 Å². The van der Waals surface area contributed by atoms with Crippen LogP contribution in [0.25, 0.3) is 11.0 Å². The maximum absolute atomic E-state index is 13.1. The minimum absolute atomic E-state index is 0.0326. The largest absolute Gasteiger partial charge is 0.272 e. The van der Waals surface area contributed by atoms with Crippen molar-refractivity contribution < 1.29 is 9.63 Å². The van der Waals surface area contributed by atoms with Gasteiger partial charge >= 0.3 is 0 Å². The van der Waals surface area contributed by atoms with Crippen LogP contribution < -0.4 is 0 Å². The first kappa shape index (κ1) is 19.6. The lowest BCUT2D eigenvalue weighted by molar-refractivity contribution is -0.183. The summed E-state index contributed by atoms with van der Waals surface area (Å²) in [5.41, 5.74) is 2.99. The Kier molecular flexibility index (Phi) is 5.30. The molecule has 3 aromatic heterocycles. The molecule has 0 bridgehead atoms. The van der Waals surface area contributed by atoms with Crippen LogP contribution in [0.5, 0.6) is 0 Å². The Bertz CT molecular complexity index is 1120. The number of aromatic nitrogens is 5. The normalized spacial score (nSPS) is 23.7. The van der Waals surface area contributed by atoms with E-state index in [1.54, 1.807) is 31.0 Å². The highest BCUT2D eigenvalue weighted by molar-refractivity contribution is 5.78. The van der Waals surface area contributed by atoms with Crippen LogP contribution in [0.2, 0.25) is 0 Å². The van der Waals surface area contributed by atoms with Crippen molar-refractivity contribution in [3.63, 3.8) is 0 Å². The standard InChI is InChI=1S/C22H23N7O2/c23-10-16-9-21-19(26-11-16)13-27-28(21)14-15-1-3-17(4-2-15)22(30)29-20(5-8-31-29)18-12-24-6-7-25-18/h6-7,9,11-13,15,17,20H,1-5,8,14H2/t15-,17-,20-/m0/s1. The van der Waals surface area contributed by atoms with Gasteiger partial charge in [-0.1, -0.05) is 0 Å². The number of rotatable bonds is 4. The molecule has 31 heavy (non-hydrogen) atoms. The number of hydrogen-bond donors (Lipinski definition) is 0. The molecule has 0 unspecified atom stereocenters. The zero-order valence-corrected chi connectivity index (χ0v) is 17.1. The third-order valence-electron chi connectivity index (χ3n) is 6.30. The molecule has 0 aromatic carbocycles. The second-order valence-electron chi connectivity index (χ2n) is 8.22. The molecule has 2 fully saturated rings. The molecule has 1 amide bonds. The average molecular weight is 417 g/mol. The summed E-state index contributed by atoms with van der Waals surface area (Å²) in [7, 11) is 0. The summed E-state index contributed by atoms with van der Waals surface area (Å²) in [4.78, 5) is 31.6. The molecule has 4 heterocycles. The fraction of sp³-hybridized carbons (Fsp3) is 0.455. The van der Waals surface area contributed by atoms with Crippen molar-refractivity contribution in [1.82, 2.24) is 29.8 Å². The molecule has 0 radical (unpaired) electrons. The lowest BCUT2D eigenvalue weighted by Gasteiger charge is -2.31. The summed E-state index contributed by atoms with van der Waals surface area (Å²) in [6, 6.07) is 3.81. The second kappa shape index (κ2) is 8.40. The van der Waals surface area contributed by atoms with E-state index in [0.29, 0.717) is 18.1 Å². The highest BCUT2D eigenvalue weighted by Gasteiger charge is 2.38. The summed E-state index contributed by atoms with van der Waals surface area (Å²) >= 11 is 0. The summed E-state index contributed by atoms with van der Waals surface area (Å²) in [5.74, 6) is 0.460. The monoisotopic (exact) mass is 417 g/mol. The molecule has 1 aliphatic carbocycles. The van der Waals surface area contributed by atoms with E-state index in [1.807, 2.05) is 10.7 Å². The third kappa shape index (κ3) is 3.86. The van der Waals surface area contributed by atoms with Crippen LogP contribution in [-0.2, 0) is 16.2 Å². The van der Waals surface area contributed by atoms with Gasteiger partial charge in [-0.15, -0.1) is 0 Å². The molecule has 1 atom stereocenters. The number of nitriles is 1. The van der Waals surface area contributed by atoms with Gasteiger partial charge < -0.3 is 0 Å². The molecule has 2 aliphatic rings. The van der Waals surface area contributed by atoms with Crippen molar-refractivity contribution in [3.05, 3.63) is 48.3 Å². The molecule has 1 saturated heterocycles. The summed E-state index contributed by atoms with van der Waals surface area (Å²) in [5, 5.41) is 15.1. The van der Waals surface area contributed by atoms with Crippen LogP contribution in [0.15, 0.2) is 37.1 Å². The van der Waals surface area contributed by atoms with Gasteiger partial charge in [-0.25, -0.2) is 5.06 Å². The Hall–Kier alpha value is -3.38. The zero-order valence-electron chi connectivity index (χ0n) is 17.1. The number of hydrogen-bond acceptors (Lipinski definition) is 7. The molecular formula is C22H23N7O2. The average Bonchev–Trinajstić information content (AvgIpc) is 3.47. The quantitative estimate of drug-likeness (QED) is 0.642. The smallest absolute Gasteiger partial charge is 0.249 e. The highest BCUT2D eigenvalue weighted by atomic mass is 16.7. The fourth-order valence-corrected chi connectivity index (χ4v) is 4.62. The van der Waals surface area contributed by atoms with Gasteiger partial charge in [0.05, 0.1) is 35.8 Å². The van der Waals surface area contributed by atoms with Crippen molar-refractivity contribution in [1.29, 1.82) is 5.26 Å². The summed E-state index contributed by atoms with van der Waals surface area (Å²) < 4.78 is 1.93. The molecule has 9 heteroatoms. The molecule has 0 N–H and O–H groups in total. The van der Waals surface area contributed by atoms with E-state index in [2.05, 4.69) is 26.1 Å². The Morgan fingerprint density at radius 2 is 2.00 bits per heavy atom. The maximum atomic E-state index is 13.1. The lowest BCUT2D eigenvalue weighted by atomic mass is 9.81. The first-order valence-corrected chi connectivity index (χ1v) is 10.7. The van der Waals surface area contributed by atoms with E-state index in [0.717, 1.165) is 55.4 Å². The van der Waals surface area contributed by atoms with Gasteiger partial charge in [-0.2, -0.15) is 10.4 Å². The van der Waals surface area contributed by atoms with Crippen molar-refractivity contribution in [2.24, 2.45) is 11.8 Å². The van der Waals surface area contributed by atoms with Gasteiger partial charge in [0.15, 0.2) is 0 Å². The van der Waals surface area contributed by atoms with Gasteiger partial charge in [0.2, 0.25) is 5.91 Å². The molecule has 1 saturated carbocycles. The van der Waals surface area contributed by atoms with Crippen molar-refractivity contribution in [2.75, 3.05) is 6.61 Å². The molecule has 3 aromatic rings. The Morgan fingerprint density at radius 1 is 1.13 bits per heavy atom. The summed E-state index contributed by atoms with van der Waals surface area (Å²) in [6.45, 7) is 1.29. The van der Waals surface area contributed by atoms with Crippen molar-refractivity contribution in [3.8, 4) is 6.07 Å². The maximum Gasteiger partial charge on any atom is 0.249 e. The predicted octanol–water partition coefficient (Wildman–Crippen LogP) is 2.80. The third-order valence-corrected chi connectivity index (χ3v) is 6.30. The predicted molar refractivity (Wildman–Crippen MR) is 110 cm³/mol. The number of carbonyl (C=O) groups is 1. The zero-order chi connectivity index (χ0) is 21.2. The van der Waals surface area contributed by atoms with Crippen LogP contribution in [0.1, 0.15) is 49.4 Å². The molecule has 158 valence electrons. The first-order valence-electron chi connectivity index (χ1n) is 10.7. The van der Waals surface area contributed by atoms with E-state index in [9.17, 15) is 4.79 Å². The topological polar surface area (TPSA) is 110 Å². The van der Waals surface area contributed by atoms with E-state index in [4.69, 9.17) is 10.1 Å². The van der Waals surface area contributed by atoms with Crippen LogP contribution in [-0.4, -0.2) is 42.3 Å². The molecular weight excluding hydrogens is 394 g/mol. The van der Waals surface area contributed by atoms with Gasteiger partial charge in [-0.3, -0.25) is 29.3 Å². The fourth-order valence-electron chi connectivity index (χ4n) is 4.62. The number of fused-ring (bicyclic) bond motifs is 1. The minimum atomic E-state index is -0.156. The minimum Gasteiger partial charge on any atom is -0.272 e. The SMILES string of the molecule is N#Cc1cnc2cnn(C[C@H]3CC[C@H](C(=O)N4OCC[C@H]4c4cnccn4)CC3)c2c1. The van der Waals surface area contributed by atoms with Gasteiger partial charge in [0.25, 0.3) is 0 Å². The van der Waals surface area contributed by atoms with Gasteiger partial charge in [-0.05, 0) is 37.7 Å². The van der Waals surface area contributed by atoms with Crippen molar-refractivity contribution in [2.45, 2.75) is 44.7 Å². The molecule has 1 aliphatic heterocycles. The van der Waals surface area contributed by atoms with E-state index >= 15 is 0 Å². The molecule has 9 nitrogen and oxygen atoms in total. The van der Waals surface area contributed by atoms with Crippen molar-refractivity contribution >= 4 is 16.9 Å². The second-order valence-corrected chi connectivity index (χ2v) is 8.22. The van der Waals surface area contributed by atoms with E-state index in [1.165, 1.54) is 5.06 Å². The highest BCUT2D eigenvalue weighted by Crippen LogP contribution is 2.36. The van der Waals surface area contributed by atoms with Crippen LogP contribution in [0, 0.1) is 23.2 Å². The van der Waals surface area contributed by atoms with E-state index in [-0.39, 0.29) is 17.9 Å². The van der Waals surface area contributed by atoms with Crippen LogP contribution >= 0.6 is 0 Å². The summed E-state index contributed by atoms with van der Waals surface area (Å²) in [6.07, 6.45) is 12.6. The Balaban J connectivity index is 1.22.